The van der Waals surface area contributed by atoms with Gasteiger partial charge in [-0.3, -0.25) is 0 Å². The van der Waals surface area contributed by atoms with E-state index in [0.717, 1.165) is 42.0 Å². The SMILES string of the molecule is Cc1cnc2c(c1)nc(CCl)n2C1CCOC(C)C1. The molecular weight excluding hydrogens is 262 g/mol. The molecule has 102 valence electrons. The van der Waals surface area contributed by atoms with Crippen molar-refractivity contribution in [2.75, 3.05) is 6.61 Å². The molecule has 0 N–H and O–H groups in total. The third kappa shape index (κ3) is 2.35. The lowest BCUT2D eigenvalue weighted by molar-refractivity contribution is 0.00623. The molecule has 1 aliphatic rings. The molecule has 1 saturated heterocycles. The summed E-state index contributed by atoms with van der Waals surface area (Å²) in [6.45, 7) is 4.94. The van der Waals surface area contributed by atoms with Gasteiger partial charge < -0.3 is 9.30 Å². The van der Waals surface area contributed by atoms with Crippen LogP contribution in [-0.4, -0.2) is 27.2 Å². The van der Waals surface area contributed by atoms with Gasteiger partial charge in [0, 0.05) is 18.8 Å². The lowest BCUT2D eigenvalue weighted by atomic mass is 10.0. The third-order valence-electron chi connectivity index (χ3n) is 3.68. The predicted molar refractivity (Wildman–Crippen MR) is 75.5 cm³/mol. The number of aryl methyl sites for hydroxylation is 1. The van der Waals surface area contributed by atoms with Crippen LogP contribution in [0.3, 0.4) is 0 Å². The maximum Gasteiger partial charge on any atom is 0.160 e. The number of hydrogen-bond acceptors (Lipinski definition) is 3. The molecule has 3 rings (SSSR count). The number of hydrogen-bond donors (Lipinski definition) is 0. The van der Waals surface area contributed by atoms with Gasteiger partial charge in [-0.1, -0.05) is 0 Å². The molecule has 2 aromatic heterocycles. The van der Waals surface area contributed by atoms with Crippen molar-refractivity contribution >= 4 is 22.8 Å². The summed E-state index contributed by atoms with van der Waals surface area (Å²) in [4.78, 5) is 9.17. The lowest BCUT2D eigenvalue weighted by Gasteiger charge is -2.29. The lowest BCUT2D eigenvalue weighted by Crippen LogP contribution is -2.26. The van der Waals surface area contributed by atoms with E-state index in [-0.39, 0.29) is 6.10 Å². The van der Waals surface area contributed by atoms with Crippen LogP contribution in [0.25, 0.3) is 11.2 Å². The predicted octanol–water partition coefficient (Wildman–Crippen LogP) is 3.22. The minimum Gasteiger partial charge on any atom is -0.378 e. The molecule has 0 amide bonds. The minimum absolute atomic E-state index is 0.282. The fourth-order valence-corrected chi connectivity index (χ4v) is 3.00. The molecule has 0 radical (unpaired) electrons. The number of fused-ring (bicyclic) bond motifs is 1. The van der Waals surface area contributed by atoms with Crippen LogP contribution in [0.2, 0.25) is 0 Å². The molecule has 0 bridgehead atoms. The van der Waals surface area contributed by atoms with Crippen molar-refractivity contribution in [3.63, 3.8) is 0 Å². The van der Waals surface area contributed by atoms with E-state index >= 15 is 0 Å². The van der Waals surface area contributed by atoms with E-state index in [9.17, 15) is 0 Å². The summed E-state index contributed by atoms with van der Waals surface area (Å²) in [6, 6.07) is 2.45. The second-order valence-corrected chi connectivity index (χ2v) is 5.51. The molecule has 2 atom stereocenters. The maximum absolute atomic E-state index is 6.06. The highest BCUT2D eigenvalue weighted by Gasteiger charge is 2.25. The van der Waals surface area contributed by atoms with Crippen LogP contribution < -0.4 is 0 Å². The van der Waals surface area contributed by atoms with Crippen molar-refractivity contribution in [3.8, 4) is 0 Å². The Hall–Kier alpha value is -1.13. The van der Waals surface area contributed by atoms with Crippen LogP contribution >= 0.6 is 11.6 Å². The topological polar surface area (TPSA) is 39.9 Å². The van der Waals surface area contributed by atoms with Gasteiger partial charge in [0.1, 0.15) is 11.3 Å². The average Bonchev–Trinajstić information content (AvgIpc) is 2.76. The van der Waals surface area contributed by atoms with Gasteiger partial charge in [0.15, 0.2) is 5.65 Å². The molecule has 0 saturated carbocycles. The van der Waals surface area contributed by atoms with Crippen molar-refractivity contribution in [3.05, 3.63) is 23.7 Å². The van der Waals surface area contributed by atoms with Gasteiger partial charge in [0.05, 0.1) is 12.0 Å². The third-order valence-corrected chi connectivity index (χ3v) is 3.92. The number of aromatic nitrogens is 3. The van der Waals surface area contributed by atoms with Crippen LogP contribution in [-0.2, 0) is 10.6 Å². The van der Waals surface area contributed by atoms with Gasteiger partial charge in [-0.25, -0.2) is 9.97 Å². The van der Waals surface area contributed by atoms with Crippen molar-refractivity contribution in [2.45, 2.75) is 44.7 Å². The Bertz CT molecular complexity index is 596. The maximum atomic E-state index is 6.06. The van der Waals surface area contributed by atoms with Gasteiger partial charge in [0.2, 0.25) is 0 Å². The normalized spacial score (nSPS) is 23.9. The Labute approximate surface area is 117 Å². The summed E-state index contributed by atoms with van der Waals surface area (Å²) in [5.41, 5.74) is 3.01. The first-order valence-electron chi connectivity index (χ1n) is 6.70. The number of alkyl halides is 1. The van der Waals surface area contributed by atoms with E-state index in [1.807, 2.05) is 13.1 Å². The van der Waals surface area contributed by atoms with Gasteiger partial charge in [-0.2, -0.15) is 0 Å². The van der Waals surface area contributed by atoms with Gasteiger partial charge in [-0.15, -0.1) is 11.6 Å². The molecule has 1 aliphatic heterocycles. The quantitative estimate of drug-likeness (QED) is 0.793. The Morgan fingerprint density at radius 2 is 2.37 bits per heavy atom. The zero-order chi connectivity index (χ0) is 13.4. The number of rotatable bonds is 2. The molecular formula is C14H18ClN3O. The van der Waals surface area contributed by atoms with Crippen LogP contribution in [0.15, 0.2) is 12.3 Å². The van der Waals surface area contributed by atoms with E-state index in [0.29, 0.717) is 11.9 Å². The molecule has 4 nitrogen and oxygen atoms in total. The summed E-state index contributed by atoms with van der Waals surface area (Å²) >= 11 is 6.06. The van der Waals surface area contributed by atoms with Crippen molar-refractivity contribution in [2.24, 2.45) is 0 Å². The van der Waals surface area contributed by atoms with E-state index in [4.69, 9.17) is 16.3 Å². The average molecular weight is 280 g/mol. The van der Waals surface area contributed by atoms with Crippen molar-refractivity contribution < 1.29 is 4.74 Å². The van der Waals surface area contributed by atoms with E-state index in [1.54, 1.807) is 0 Å². The Balaban J connectivity index is 2.10. The molecule has 0 spiro atoms. The zero-order valence-corrected chi connectivity index (χ0v) is 12.0. The fourth-order valence-electron chi connectivity index (χ4n) is 2.82. The van der Waals surface area contributed by atoms with Crippen LogP contribution in [0.5, 0.6) is 0 Å². The Morgan fingerprint density at radius 3 is 3.11 bits per heavy atom. The number of nitrogens with zero attached hydrogens (tertiary/aromatic N) is 3. The van der Waals surface area contributed by atoms with Gasteiger partial charge in [0.25, 0.3) is 0 Å². The molecule has 1 fully saturated rings. The smallest absolute Gasteiger partial charge is 0.160 e. The summed E-state index contributed by atoms with van der Waals surface area (Å²) in [5.74, 6) is 1.33. The molecule has 0 aromatic carbocycles. The highest BCUT2D eigenvalue weighted by molar-refractivity contribution is 6.16. The number of ether oxygens (including phenoxy) is 1. The standard InChI is InChI=1S/C14H18ClN3O/c1-9-5-12-14(16-8-9)18(13(7-15)17-12)11-3-4-19-10(2)6-11/h5,8,10-11H,3-4,6-7H2,1-2H3. The first kappa shape index (κ1) is 12.9. The summed E-state index contributed by atoms with van der Waals surface area (Å²) in [5, 5.41) is 0. The monoisotopic (exact) mass is 279 g/mol. The summed E-state index contributed by atoms with van der Waals surface area (Å²) in [6.07, 6.45) is 4.16. The second-order valence-electron chi connectivity index (χ2n) is 5.25. The van der Waals surface area contributed by atoms with E-state index < -0.39 is 0 Å². The second kappa shape index (κ2) is 5.10. The summed E-state index contributed by atoms with van der Waals surface area (Å²) < 4.78 is 7.83. The molecule has 0 aliphatic carbocycles. The highest BCUT2D eigenvalue weighted by Crippen LogP contribution is 2.30. The Kier molecular flexibility index (Phi) is 3.46. The molecule has 2 unspecified atom stereocenters. The largest absolute Gasteiger partial charge is 0.378 e. The fraction of sp³-hybridized carbons (Fsp3) is 0.571. The highest BCUT2D eigenvalue weighted by atomic mass is 35.5. The zero-order valence-electron chi connectivity index (χ0n) is 11.3. The van der Waals surface area contributed by atoms with Crippen molar-refractivity contribution in [1.29, 1.82) is 0 Å². The van der Waals surface area contributed by atoms with E-state index in [2.05, 4.69) is 27.5 Å². The van der Waals surface area contributed by atoms with Gasteiger partial charge in [-0.05, 0) is 38.3 Å². The number of imidazole rings is 1. The first-order valence-corrected chi connectivity index (χ1v) is 7.23. The molecule has 3 heterocycles. The van der Waals surface area contributed by atoms with Gasteiger partial charge >= 0.3 is 0 Å². The Morgan fingerprint density at radius 1 is 1.53 bits per heavy atom. The molecule has 5 heteroatoms. The molecule has 19 heavy (non-hydrogen) atoms. The minimum atomic E-state index is 0.282. The number of halogens is 1. The number of pyridine rings is 1. The van der Waals surface area contributed by atoms with Crippen LogP contribution in [0, 0.1) is 6.92 Å². The van der Waals surface area contributed by atoms with Crippen LogP contribution in [0.4, 0.5) is 0 Å². The summed E-state index contributed by atoms with van der Waals surface area (Å²) in [7, 11) is 0. The van der Waals surface area contributed by atoms with E-state index in [1.165, 1.54) is 0 Å². The van der Waals surface area contributed by atoms with Crippen LogP contribution in [0.1, 0.15) is 37.2 Å². The van der Waals surface area contributed by atoms with Crippen molar-refractivity contribution in [1.82, 2.24) is 14.5 Å². The first-order chi connectivity index (χ1) is 9.19. The molecule has 2 aromatic rings.